The highest BCUT2D eigenvalue weighted by molar-refractivity contribution is 6.30. The number of hydrogen-bond donors (Lipinski definition) is 1. The number of benzene rings is 2. The fourth-order valence-electron chi connectivity index (χ4n) is 2.85. The summed E-state index contributed by atoms with van der Waals surface area (Å²) in [6.07, 6.45) is 7.69. The van der Waals surface area contributed by atoms with Crippen LogP contribution >= 0.6 is 11.6 Å². The van der Waals surface area contributed by atoms with Gasteiger partial charge in [0, 0.05) is 22.7 Å². The lowest BCUT2D eigenvalue weighted by Crippen LogP contribution is -2.15. The van der Waals surface area contributed by atoms with Crippen LogP contribution < -0.4 is 10.1 Å². The van der Waals surface area contributed by atoms with E-state index < -0.39 is 0 Å². The average Bonchev–Trinajstić information content (AvgIpc) is 2.64. The van der Waals surface area contributed by atoms with E-state index in [1.807, 2.05) is 18.2 Å². The molecule has 2 aromatic carbocycles. The predicted octanol–water partition coefficient (Wildman–Crippen LogP) is 6.51. The lowest BCUT2D eigenvalue weighted by Gasteiger charge is -2.13. The highest BCUT2D eigenvalue weighted by atomic mass is 35.5. The lowest BCUT2D eigenvalue weighted by molar-refractivity contribution is 0.296. The van der Waals surface area contributed by atoms with Gasteiger partial charge in [-0.2, -0.15) is 0 Å². The van der Waals surface area contributed by atoms with E-state index in [2.05, 4.69) is 12.2 Å². The first kappa shape index (κ1) is 20.7. The zero-order valence-corrected chi connectivity index (χ0v) is 16.3. The van der Waals surface area contributed by atoms with E-state index in [0.29, 0.717) is 17.1 Å². The molecular formula is C22H29ClFNO. The minimum absolute atomic E-state index is 0.207. The molecule has 0 fully saturated rings. The molecule has 0 saturated heterocycles. The van der Waals surface area contributed by atoms with Crippen molar-refractivity contribution in [2.24, 2.45) is 0 Å². The third-order valence-corrected chi connectivity index (χ3v) is 4.62. The van der Waals surface area contributed by atoms with Crippen molar-refractivity contribution in [3.05, 3.63) is 64.4 Å². The zero-order chi connectivity index (χ0) is 18.6. The molecule has 2 rings (SSSR count). The molecule has 0 aromatic heterocycles. The zero-order valence-electron chi connectivity index (χ0n) is 15.6. The van der Waals surface area contributed by atoms with Crippen molar-refractivity contribution in [1.29, 1.82) is 0 Å². The molecule has 4 heteroatoms. The van der Waals surface area contributed by atoms with Gasteiger partial charge in [-0.3, -0.25) is 0 Å². The van der Waals surface area contributed by atoms with E-state index in [-0.39, 0.29) is 12.4 Å². The minimum Gasteiger partial charge on any atom is -0.488 e. The van der Waals surface area contributed by atoms with Crippen molar-refractivity contribution in [2.75, 3.05) is 6.54 Å². The van der Waals surface area contributed by atoms with Crippen LogP contribution in [0.5, 0.6) is 5.75 Å². The van der Waals surface area contributed by atoms with Crippen LogP contribution in [0, 0.1) is 5.82 Å². The number of rotatable bonds is 12. The van der Waals surface area contributed by atoms with Gasteiger partial charge in [0.1, 0.15) is 18.2 Å². The molecule has 0 amide bonds. The Morgan fingerprint density at radius 3 is 2.54 bits per heavy atom. The maximum absolute atomic E-state index is 13.7. The van der Waals surface area contributed by atoms with Gasteiger partial charge in [-0.05, 0) is 37.2 Å². The van der Waals surface area contributed by atoms with Gasteiger partial charge in [0.05, 0.1) is 0 Å². The Bertz CT molecular complexity index is 662. The summed E-state index contributed by atoms with van der Waals surface area (Å²) >= 11 is 6.13. The summed E-state index contributed by atoms with van der Waals surface area (Å²) in [6, 6.07) is 12.2. The molecular weight excluding hydrogens is 349 g/mol. The van der Waals surface area contributed by atoms with Gasteiger partial charge < -0.3 is 10.1 Å². The SMILES string of the molecule is CCCCCCCCNCc1cc(Cl)ccc1OCc1ccccc1F. The molecule has 1 N–H and O–H groups in total. The number of nitrogens with one attached hydrogen (secondary N) is 1. The molecule has 0 unspecified atom stereocenters. The first-order valence-corrected chi connectivity index (χ1v) is 9.94. The maximum atomic E-state index is 13.7. The average molecular weight is 378 g/mol. The van der Waals surface area contributed by atoms with Crippen molar-refractivity contribution in [3.63, 3.8) is 0 Å². The van der Waals surface area contributed by atoms with E-state index in [1.54, 1.807) is 18.2 Å². The van der Waals surface area contributed by atoms with E-state index in [4.69, 9.17) is 16.3 Å². The Morgan fingerprint density at radius 1 is 0.962 bits per heavy atom. The number of ether oxygens (including phenoxy) is 1. The van der Waals surface area contributed by atoms with Crippen molar-refractivity contribution in [1.82, 2.24) is 5.32 Å². The fraction of sp³-hybridized carbons (Fsp3) is 0.455. The number of unbranched alkanes of at least 4 members (excludes halogenated alkanes) is 5. The van der Waals surface area contributed by atoms with Crippen LogP contribution in [-0.4, -0.2) is 6.54 Å². The van der Waals surface area contributed by atoms with Crippen LogP contribution in [-0.2, 0) is 13.2 Å². The second-order valence-electron chi connectivity index (χ2n) is 6.58. The topological polar surface area (TPSA) is 21.3 Å². The van der Waals surface area contributed by atoms with Crippen LogP contribution in [0.15, 0.2) is 42.5 Å². The highest BCUT2D eigenvalue weighted by Gasteiger charge is 2.07. The van der Waals surface area contributed by atoms with Gasteiger partial charge in [-0.15, -0.1) is 0 Å². The quantitative estimate of drug-likeness (QED) is 0.426. The Balaban J connectivity index is 1.80. The van der Waals surface area contributed by atoms with E-state index >= 15 is 0 Å². The van der Waals surface area contributed by atoms with Crippen molar-refractivity contribution < 1.29 is 9.13 Å². The summed E-state index contributed by atoms with van der Waals surface area (Å²) < 4.78 is 19.6. The summed E-state index contributed by atoms with van der Waals surface area (Å²) in [7, 11) is 0. The van der Waals surface area contributed by atoms with Gasteiger partial charge >= 0.3 is 0 Å². The normalized spacial score (nSPS) is 10.9. The second kappa shape index (κ2) is 11.9. The first-order chi connectivity index (χ1) is 12.7. The number of halogens is 2. The van der Waals surface area contributed by atoms with E-state index in [9.17, 15) is 4.39 Å². The molecule has 0 aliphatic rings. The van der Waals surface area contributed by atoms with Crippen LogP contribution in [0.4, 0.5) is 4.39 Å². The van der Waals surface area contributed by atoms with Gasteiger partial charge in [0.2, 0.25) is 0 Å². The van der Waals surface area contributed by atoms with Gasteiger partial charge in [0.15, 0.2) is 0 Å². The van der Waals surface area contributed by atoms with Crippen molar-refractivity contribution >= 4 is 11.6 Å². The van der Waals surface area contributed by atoms with Gasteiger partial charge in [-0.25, -0.2) is 4.39 Å². The van der Waals surface area contributed by atoms with Gasteiger partial charge in [0.25, 0.3) is 0 Å². The summed E-state index contributed by atoms with van der Waals surface area (Å²) in [4.78, 5) is 0. The molecule has 0 aliphatic heterocycles. The first-order valence-electron chi connectivity index (χ1n) is 9.56. The van der Waals surface area contributed by atoms with Crippen molar-refractivity contribution in [2.45, 2.75) is 58.6 Å². The molecule has 0 spiro atoms. The summed E-state index contributed by atoms with van der Waals surface area (Å²) in [5.41, 5.74) is 1.55. The molecule has 142 valence electrons. The van der Waals surface area contributed by atoms with Crippen molar-refractivity contribution in [3.8, 4) is 5.75 Å². The lowest BCUT2D eigenvalue weighted by atomic mass is 10.1. The van der Waals surface area contributed by atoms with Crippen LogP contribution in [0.3, 0.4) is 0 Å². The van der Waals surface area contributed by atoms with Crippen LogP contribution in [0.2, 0.25) is 5.02 Å². The van der Waals surface area contributed by atoms with E-state index in [0.717, 1.165) is 17.9 Å². The van der Waals surface area contributed by atoms with Crippen LogP contribution in [0.1, 0.15) is 56.6 Å². The smallest absolute Gasteiger partial charge is 0.129 e. The molecule has 0 bridgehead atoms. The Kier molecular flexibility index (Phi) is 9.51. The maximum Gasteiger partial charge on any atom is 0.129 e. The summed E-state index contributed by atoms with van der Waals surface area (Å²) in [6.45, 7) is 4.12. The molecule has 0 atom stereocenters. The highest BCUT2D eigenvalue weighted by Crippen LogP contribution is 2.24. The summed E-state index contributed by atoms with van der Waals surface area (Å²) in [5.74, 6) is 0.498. The molecule has 26 heavy (non-hydrogen) atoms. The van der Waals surface area contributed by atoms with Crippen LogP contribution in [0.25, 0.3) is 0 Å². The third-order valence-electron chi connectivity index (χ3n) is 4.39. The molecule has 0 aliphatic carbocycles. The number of hydrogen-bond acceptors (Lipinski definition) is 2. The Morgan fingerprint density at radius 2 is 1.73 bits per heavy atom. The molecule has 2 aromatic rings. The second-order valence-corrected chi connectivity index (χ2v) is 7.01. The molecule has 2 nitrogen and oxygen atoms in total. The largest absolute Gasteiger partial charge is 0.488 e. The van der Waals surface area contributed by atoms with Gasteiger partial charge in [-0.1, -0.05) is 68.8 Å². The Hall–Kier alpha value is -1.58. The van der Waals surface area contributed by atoms with E-state index in [1.165, 1.54) is 44.6 Å². The fourth-order valence-corrected chi connectivity index (χ4v) is 3.05. The molecule has 0 saturated carbocycles. The standard InChI is InChI=1S/C22H29ClFNO/c1-2-3-4-5-6-9-14-25-16-19-15-20(23)12-13-22(19)26-17-18-10-7-8-11-21(18)24/h7-8,10-13,15,25H,2-6,9,14,16-17H2,1H3. The molecule has 0 radical (unpaired) electrons. The third kappa shape index (κ3) is 7.35. The molecule has 0 heterocycles. The predicted molar refractivity (Wildman–Crippen MR) is 107 cm³/mol. The Labute approximate surface area is 161 Å². The monoisotopic (exact) mass is 377 g/mol. The summed E-state index contributed by atoms with van der Waals surface area (Å²) in [5, 5.41) is 4.14. The minimum atomic E-state index is -0.246.